The van der Waals surface area contributed by atoms with Crippen LogP contribution in [-0.2, 0) is 9.59 Å². The lowest BCUT2D eigenvalue weighted by Crippen LogP contribution is -2.46. The summed E-state index contributed by atoms with van der Waals surface area (Å²) in [4.78, 5) is 24.3. The van der Waals surface area contributed by atoms with Gasteiger partial charge in [0, 0.05) is 5.69 Å². The number of hydrogen-bond donors (Lipinski definition) is 2. The highest BCUT2D eigenvalue weighted by atomic mass is 16.4. The van der Waals surface area contributed by atoms with Gasteiger partial charge in [0.15, 0.2) is 0 Å². The molecule has 1 rings (SSSR count). The molecular weight excluding hydrogens is 244 g/mol. The molecule has 1 amide bonds. The predicted molar refractivity (Wildman–Crippen MR) is 74.1 cm³/mol. The molecule has 3 N–H and O–H groups in total. The molecule has 0 radical (unpaired) electrons. The van der Waals surface area contributed by atoms with E-state index in [2.05, 4.69) is 0 Å². The van der Waals surface area contributed by atoms with Crippen molar-refractivity contribution >= 4 is 17.6 Å². The topological polar surface area (TPSA) is 83.6 Å². The third-order valence-electron chi connectivity index (χ3n) is 2.82. The van der Waals surface area contributed by atoms with Gasteiger partial charge in [0.2, 0.25) is 5.91 Å². The fourth-order valence-electron chi connectivity index (χ4n) is 1.79. The Bertz CT molecular complexity index is 443. The number of carboxylic acid groups (broad SMARTS) is 1. The molecule has 1 aromatic carbocycles. The van der Waals surface area contributed by atoms with E-state index in [-0.39, 0.29) is 12.5 Å². The van der Waals surface area contributed by atoms with E-state index in [0.29, 0.717) is 12.1 Å². The van der Waals surface area contributed by atoms with E-state index in [9.17, 15) is 9.59 Å². The van der Waals surface area contributed by atoms with Gasteiger partial charge in [0.05, 0.1) is 6.04 Å². The van der Waals surface area contributed by atoms with E-state index < -0.39 is 12.0 Å². The van der Waals surface area contributed by atoms with Crippen LogP contribution in [0.15, 0.2) is 24.3 Å². The van der Waals surface area contributed by atoms with Gasteiger partial charge in [-0.15, -0.1) is 0 Å². The lowest BCUT2D eigenvalue weighted by atomic mass is 10.1. The second-order valence-electron chi connectivity index (χ2n) is 4.55. The molecule has 19 heavy (non-hydrogen) atoms. The molecule has 0 fully saturated rings. The van der Waals surface area contributed by atoms with Gasteiger partial charge in [-0.25, -0.2) is 0 Å². The van der Waals surface area contributed by atoms with E-state index in [4.69, 9.17) is 10.8 Å². The van der Waals surface area contributed by atoms with Gasteiger partial charge in [0.1, 0.15) is 6.54 Å². The minimum atomic E-state index is -1.06. The van der Waals surface area contributed by atoms with Gasteiger partial charge < -0.3 is 10.8 Å². The molecule has 104 valence electrons. The molecule has 1 atom stereocenters. The Labute approximate surface area is 113 Å². The summed E-state index contributed by atoms with van der Waals surface area (Å²) >= 11 is 0. The van der Waals surface area contributed by atoms with E-state index in [1.807, 2.05) is 26.0 Å². The summed E-state index contributed by atoms with van der Waals surface area (Å²) < 4.78 is 0. The summed E-state index contributed by atoms with van der Waals surface area (Å²) in [5, 5.41) is 8.93. The van der Waals surface area contributed by atoms with E-state index in [1.54, 1.807) is 12.1 Å². The van der Waals surface area contributed by atoms with Gasteiger partial charge in [-0.05, 0) is 25.5 Å². The summed E-state index contributed by atoms with van der Waals surface area (Å²) in [7, 11) is 0. The Morgan fingerprint density at radius 2 is 1.89 bits per heavy atom. The number of nitrogens with zero attached hydrogens (tertiary/aromatic N) is 1. The van der Waals surface area contributed by atoms with Crippen molar-refractivity contribution in [2.45, 2.75) is 32.7 Å². The van der Waals surface area contributed by atoms with Crippen LogP contribution in [0.2, 0.25) is 0 Å². The predicted octanol–water partition coefficient (Wildman–Crippen LogP) is 1.54. The number of anilines is 1. The van der Waals surface area contributed by atoms with Crippen LogP contribution in [0.5, 0.6) is 0 Å². The lowest BCUT2D eigenvalue weighted by Gasteiger charge is -2.24. The summed E-state index contributed by atoms with van der Waals surface area (Å²) in [6.45, 7) is 3.48. The molecule has 5 nitrogen and oxygen atoms in total. The first-order valence-corrected chi connectivity index (χ1v) is 6.31. The SMILES string of the molecule is CCC[C@H](N)C(=O)N(CC(=O)O)c1ccc(C)cc1. The van der Waals surface area contributed by atoms with Gasteiger partial charge in [-0.1, -0.05) is 31.0 Å². The largest absolute Gasteiger partial charge is 0.480 e. The lowest BCUT2D eigenvalue weighted by molar-refractivity contribution is -0.136. The molecule has 0 aliphatic heterocycles. The molecule has 0 aromatic heterocycles. The Kier molecular flexibility index (Phi) is 5.51. The normalized spacial score (nSPS) is 11.9. The number of carboxylic acids is 1. The Hall–Kier alpha value is -1.88. The smallest absolute Gasteiger partial charge is 0.323 e. The molecule has 0 heterocycles. The minimum Gasteiger partial charge on any atom is -0.480 e. The van der Waals surface area contributed by atoms with Crippen molar-refractivity contribution in [1.82, 2.24) is 0 Å². The number of aliphatic carboxylic acids is 1. The van der Waals surface area contributed by atoms with Crippen LogP contribution in [0.1, 0.15) is 25.3 Å². The van der Waals surface area contributed by atoms with Crippen LogP contribution in [-0.4, -0.2) is 29.6 Å². The molecule has 0 unspecified atom stereocenters. The second kappa shape index (κ2) is 6.89. The Morgan fingerprint density at radius 3 is 2.37 bits per heavy atom. The van der Waals surface area contributed by atoms with Crippen LogP contribution in [0, 0.1) is 6.92 Å². The number of rotatable bonds is 6. The first kappa shape index (κ1) is 15.2. The number of carbonyl (C=O) groups is 2. The maximum absolute atomic E-state index is 12.2. The fraction of sp³-hybridized carbons (Fsp3) is 0.429. The van der Waals surface area contributed by atoms with Crippen LogP contribution >= 0.6 is 0 Å². The third-order valence-corrected chi connectivity index (χ3v) is 2.82. The number of aryl methyl sites for hydroxylation is 1. The van der Waals surface area contributed by atoms with Gasteiger partial charge in [-0.3, -0.25) is 14.5 Å². The van der Waals surface area contributed by atoms with Crippen molar-refractivity contribution in [3.63, 3.8) is 0 Å². The van der Waals surface area contributed by atoms with Crippen molar-refractivity contribution in [3.8, 4) is 0 Å². The maximum Gasteiger partial charge on any atom is 0.323 e. The molecule has 0 spiro atoms. The Balaban J connectivity index is 2.97. The standard InChI is InChI=1S/C14H20N2O3/c1-3-4-12(15)14(19)16(9-13(17)18)11-7-5-10(2)6-8-11/h5-8,12H,3-4,9,15H2,1-2H3,(H,17,18)/t12-/m0/s1. The number of benzene rings is 1. The monoisotopic (exact) mass is 264 g/mol. The van der Waals surface area contributed by atoms with Gasteiger partial charge in [0.25, 0.3) is 0 Å². The number of hydrogen-bond acceptors (Lipinski definition) is 3. The average Bonchev–Trinajstić information content (AvgIpc) is 2.36. The first-order chi connectivity index (χ1) is 8.95. The van der Waals surface area contributed by atoms with E-state index >= 15 is 0 Å². The zero-order chi connectivity index (χ0) is 14.4. The molecule has 5 heteroatoms. The van der Waals surface area contributed by atoms with Crippen molar-refractivity contribution < 1.29 is 14.7 Å². The van der Waals surface area contributed by atoms with Gasteiger partial charge in [-0.2, -0.15) is 0 Å². The molecule has 0 aliphatic carbocycles. The Morgan fingerprint density at radius 1 is 1.32 bits per heavy atom. The molecule has 0 saturated heterocycles. The van der Waals surface area contributed by atoms with E-state index in [0.717, 1.165) is 12.0 Å². The fourth-order valence-corrected chi connectivity index (χ4v) is 1.79. The van der Waals surface area contributed by atoms with Crippen LogP contribution in [0.3, 0.4) is 0 Å². The van der Waals surface area contributed by atoms with Gasteiger partial charge >= 0.3 is 5.97 Å². The van der Waals surface area contributed by atoms with Crippen molar-refractivity contribution in [2.75, 3.05) is 11.4 Å². The molecule has 0 aliphatic rings. The zero-order valence-electron chi connectivity index (χ0n) is 11.3. The number of carbonyl (C=O) groups excluding carboxylic acids is 1. The van der Waals surface area contributed by atoms with Crippen LogP contribution in [0.4, 0.5) is 5.69 Å². The molecule has 0 bridgehead atoms. The minimum absolute atomic E-state index is 0.354. The van der Waals surface area contributed by atoms with Crippen molar-refractivity contribution in [1.29, 1.82) is 0 Å². The molecular formula is C14H20N2O3. The zero-order valence-corrected chi connectivity index (χ0v) is 11.3. The average molecular weight is 264 g/mol. The molecule has 0 saturated carbocycles. The maximum atomic E-state index is 12.2. The molecule has 1 aromatic rings. The van der Waals surface area contributed by atoms with Crippen LogP contribution < -0.4 is 10.6 Å². The highest BCUT2D eigenvalue weighted by Crippen LogP contribution is 2.16. The van der Waals surface area contributed by atoms with Crippen molar-refractivity contribution in [3.05, 3.63) is 29.8 Å². The quantitative estimate of drug-likeness (QED) is 0.816. The summed E-state index contributed by atoms with van der Waals surface area (Å²) in [5.41, 5.74) is 7.39. The summed E-state index contributed by atoms with van der Waals surface area (Å²) in [6, 6.07) is 6.47. The first-order valence-electron chi connectivity index (χ1n) is 6.31. The highest BCUT2D eigenvalue weighted by molar-refractivity contribution is 6.00. The number of amides is 1. The second-order valence-corrected chi connectivity index (χ2v) is 4.55. The van der Waals surface area contributed by atoms with E-state index in [1.165, 1.54) is 4.90 Å². The van der Waals surface area contributed by atoms with Crippen LogP contribution in [0.25, 0.3) is 0 Å². The number of nitrogens with two attached hydrogens (primary N) is 1. The summed E-state index contributed by atoms with van der Waals surface area (Å²) in [6.07, 6.45) is 1.32. The third kappa shape index (κ3) is 4.37. The van der Waals surface area contributed by atoms with Crippen molar-refractivity contribution in [2.24, 2.45) is 5.73 Å². The highest BCUT2D eigenvalue weighted by Gasteiger charge is 2.23. The summed E-state index contributed by atoms with van der Waals surface area (Å²) in [5.74, 6) is -1.41.